The van der Waals surface area contributed by atoms with E-state index in [0.29, 0.717) is 5.88 Å². The highest BCUT2D eigenvalue weighted by atomic mass is 35.5. The van der Waals surface area contributed by atoms with E-state index in [1.165, 1.54) is 5.56 Å². The van der Waals surface area contributed by atoms with Crippen LogP contribution in [0.2, 0.25) is 0 Å². The normalized spacial score (nSPS) is 10.5. The van der Waals surface area contributed by atoms with Gasteiger partial charge < -0.3 is 4.90 Å². The smallest absolute Gasteiger partial charge is 0.225 e. The van der Waals surface area contributed by atoms with Crippen LogP contribution in [0.5, 0.6) is 0 Å². The molecule has 0 bridgehead atoms. The summed E-state index contributed by atoms with van der Waals surface area (Å²) in [5.74, 6) is 1.21. The Bertz CT molecular complexity index is 528. The first-order chi connectivity index (χ1) is 9.20. The zero-order valence-electron chi connectivity index (χ0n) is 11.3. The van der Waals surface area contributed by atoms with E-state index in [4.69, 9.17) is 11.6 Å². The van der Waals surface area contributed by atoms with Crippen LogP contribution in [0, 0.1) is 6.92 Å². The van der Waals surface area contributed by atoms with Crippen LogP contribution in [0.3, 0.4) is 0 Å². The summed E-state index contributed by atoms with van der Waals surface area (Å²) in [6, 6.07) is 10.4. The van der Waals surface area contributed by atoms with Crippen LogP contribution >= 0.6 is 11.6 Å². The van der Waals surface area contributed by atoms with E-state index >= 15 is 0 Å². The van der Waals surface area contributed by atoms with Crippen molar-refractivity contribution in [1.82, 2.24) is 9.97 Å². The molecule has 1 aromatic heterocycles. The van der Waals surface area contributed by atoms with Crippen LogP contribution in [0.1, 0.15) is 16.8 Å². The molecule has 0 radical (unpaired) electrons. The third-order valence-electron chi connectivity index (χ3n) is 3.13. The zero-order chi connectivity index (χ0) is 13.7. The molecule has 0 fully saturated rings. The van der Waals surface area contributed by atoms with Crippen LogP contribution in [-0.4, -0.2) is 23.6 Å². The average Bonchev–Trinajstić information content (AvgIpc) is 2.45. The lowest BCUT2D eigenvalue weighted by Gasteiger charge is -2.17. The Morgan fingerprint density at radius 3 is 2.58 bits per heavy atom. The molecule has 2 aromatic rings. The predicted molar refractivity (Wildman–Crippen MR) is 79.7 cm³/mol. The van der Waals surface area contributed by atoms with Crippen LogP contribution < -0.4 is 4.90 Å². The van der Waals surface area contributed by atoms with Gasteiger partial charge in [-0.3, -0.25) is 0 Å². The second-order valence-corrected chi connectivity index (χ2v) is 4.84. The summed E-state index contributed by atoms with van der Waals surface area (Å²) in [7, 11) is 2.01. The maximum absolute atomic E-state index is 5.81. The van der Waals surface area contributed by atoms with E-state index < -0.39 is 0 Å². The molecule has 0 saturated heterocycles. The van der Waals surface area contributed by atoms with Gasteiger partial charge in [-0.1, -0.05) is 30.3 Å². The molecule has 1 aromatic carbocycles. The van der Waals surface area contributed by atoms with Gasteiger partial charge in [0.25, 0.3) is 0 Å². The standard InChI is InChI=1S/C15H18ClN3/c1-12-14(10-16)11-17-15(18-12)19(2)9-8-13-6-4-3-5-7-13/h3-7,11H,8-10H2,1-2H3. The van der Waals surface area contributed by atoms with Crippen molar-refractivity contribution in [2.24, 2.45) is 0 Å². The Morgan fingerprint density at radius 2 is 1.95 bits per heavy atom. The van der Waals surface area contributed by atoms with Crippen molar-refractivity contribution in [1.29, 1.82) is 0 Å². The van der Waals surface area contributed by atoms with Gasteiger partial charge in [-0.05, 0) is 18.9 Å². The quantitative estimate of drug-likeness (QED) is 0.785. The molecular formula is C15H18ClN3. The summed E-state index contributed by atoms with van der Waals surface area (Å²) in [5.41, 5.74) is 3.26. The number of alkyl halides is 1. The fourth-order valence-electron chi connectivity index (χ4n) is 1.84. The van der Waals surface area contributed by atoms with E-state index in [9.17, 15) is 0 Å². The molecule has 0 saturated carbocycles. The Morgan fingerprint density at radius 1 is 1.21 bits per heavy atom. The number of benzene rings is 1. The van der Waals surface area contributed by atoms with Gasteiger partial charge >= 0.3 is 0 Å². The number of aryl methyl sites for hydroxylation is 1. The maximum Gasteiger partial charge on any atom is 0.225 e. The van der Waals surface area contributed by atoms with Crippen molar-refractivity contribution in [3.05, 3.63) is 53.3 Å². The van der Waals surface area contributed by atoms with E-state index in [1.54, 1.807) is 0 Å². The van der Waals surface area contributed by atoms with Crippen LogP contribution in [0.25, 0.3) is 0 Å². The summed E-state index contributed by atoms with van der Waals surface area (Å²) >= 11 is 5.81. The van der Waals surface area contributed by atoms with Gasteiger partial charge in [0.2, 0.25) is 5.95 Å². The molecule has 0 aliphatic heterocycles. The second-order valence-electron chi connectivity index (χ2n) is 4.57. The topological polar surface area (TPSA) is 29.0 Å². The van der Waals surface area contributed by atoms with Crippen LogP contribution in [-0.2, 0) is 12.3 Å². The SMILES string of the molecule is Cc1nc(N(C)CCc2ccccc2)ncc1CCl. The molecule has 1 heterocycles. The lowest BCUT2D eigenvalue weighted by molar-refractivity contribution is 0.829. The Labute approximate surface area is 119 Å². The van der Waals surface area contributed by atoms with Crippen LogP contribution in [0.4, 0.5) is 5.95 Å². The fourth-order valence-corrected chi connectivity index (χ4v) is 2.10. The van der Waals surface area contributed by atoms with Gasteiger partial charge in [0.1, 0.15) is 0 Å². The Balaban J connectivity index is 2.00. The number of hydrogen-bond acceptors (Lipinski definition) is 3. The van der Waals surface area contributed by atoms with Gasteiger partial charge in [-0.2, -0.15) is 0 Å². The molecule has 0 aliphatic carbocycles. The molecule has 0 N–H and O–H groups in total. The number of anilines is 1. The molecule has 0 atom stereocenters. The van der Waals surface area contributed by atoms with Gasteiger partial charge in [0, 0.05) is 31.0 Å². The van der Waals surface area contributed by atoms with Crippen molar-refractivity contribution in [3.8, 4) is 0 Å². The first-order valence-electron chi connectivity index (χ1n) is 6.34. The zero-order valence-corrected chi connectivity index (χ0v) is 12.1. The lowest BCUT2D eigenvalue weighted by atomic mass is 10.1. The van der Waals surface area contributed by atoms with Gasteiger partial charge in [-0.25, -0.2) is 9.97 Å². The Kier molecular flexibility index (Phi) is 4.74. The molecule has 100 valence electrons. The summed E-state index contributed by atoms with van der Waals surface area (Å²) in [6.07, 6.45) is 2.79. The average molecular weight is 276 g/mol. The number of likely N-dealkylation sites (N-methyl/N-ethyl adjacent to an activating group) is 1. The molecule has 0 unspecified atom stereocenters. The van der Waals surface area contributed by atoms with Crippen molar-refractivity contribution in [2.75, 3.05) is 18.5 Å². The second kappa shape index (κ2) is 6.53. The number of nitrogens with zero attached hydrogens (tertiary/aromatic N) is 3. The van der Waals surface area contributed by atoms with Crippen LogP contribution in [0.15, 0.2) is 36.5 Å². The largest absolute Gasteiger partial charge is 0.344 e. The van der Waals surface area contributed by atoms with E-state index in [-0.39, 0.29) is 0 Å². The first-order valence-corrected chi connectivity index (χ1v) is 6.87. The van der Waals surface area contributed by atoms with Crippen molar-refractivity contribution in [3.63, 3.8) is 0 Å². The third-order valence-corrected chi connectivity index (χ3v) is 3.42. The third kappa shape index (κ3) is 3.67. The van der Waals surface area contributed by atoms with Crippen molar-refractivity contribution >= 4 is 17.5 Å². The summed E-state index contributed by atoms with van der Waals surface area (Å²) in [6.45, 7) is 2.86. The molecule has 0 aliphatic rings. The van der Waals surface area contributed by atoms with Gasteiger partial charge in [-0.15, -0.1) is 11.6 Å². The number of aromatic nitrogens is 2. The minimum atomic E-state index is 0.458. The minimum absolute atomic E-state index is 0.458. The summed E-state index contributed by atoms with van der Waals surface area (Å²) in [4.78, 5) is 10.9. The highest BCUT2D eigenvalue weighted by molar-refractivity contribution is 6.17. The molecule has 0 spiro atoms. The summed E-state index contributed by atoms with van der Waals surface area (Å²) in [5, 5.41) is 0. The maximum atomic E-state index is 5.81. The first kappa shape index (κ1) is 13.8. The number of hydrogen-bond donors (Lipinski definition) is 0. The lowest BCUT2D eigenvalue weighted by Crippen LogP contribution is -2.23. The Hall–Kier alpha value is -1.61. The molecular weight excluding hydrogens is 258 g/mol. The molecule has 3 nitrogen and oxygen atoms in total. The van der Waals surface area contributed by atoms with Gasteiger partial charge in [0.15, 0.2) is 0 Å². The summed E-state index contributed by atoms with van der Waals surface area (Å²) < 4.78 is 0. The molecule has 0 amide bonds. The van der Waals surface area contributed by atoms with E-state index in [2.05, 4.69) is 39.1 Å². The van der Waals surface area contributed by atoms with Crippen molar-refractivity contribution < 1.29 is 0 Å². The highest BCUT2D eigenvalue weighted by Gasteiger charge is 2.07. The van der Waals surface area contributed by atoms with E-state index in [0.717, 1.165) is 30.2 Å². The monoisotopic (exact) mass is 275 g/mol. The van der Waals surface area contributed by atoms with E-state index in [1.807, 2.05) is 26.2 Å². The predicted octanol–water partition coefficient (Wildman–Crippen LogP) is 3.20. The fraction of sp³-hybridized carbons (Fsp3) is 0.333. The van der Waals surface area contributed by atoms with Crippen molar-refractivity contribution in [2.45, 2.75) is 19.2 Å². The molecule has 19 heavy (non-hydrogen) atoms. The number of halogens is 1. The molecule has 4 heteroatoms. The van der Waals surface area contributed by atoms with Gasteiger partial charge in [0.05, 0.1) is 5.88 Å². The highest BCUT2D eigenvalue weighted by Crippen LogP contribution is 2.12. The number of rotatable bonds is 5. The minimum Gasteiger partial charge on any atom is -0.344 e. The molecule has 2 rings (SSSR count).